The van der Waals surface area contributed by atoms with E-state index in [2.05, 4.69) is 0 Å². The highest BCUT2D eigenvalue weighted by atomic mass is 16.5. The molecule has 0 bridgehead atoms. The molecule has 0 spiro atoms. The molecule has 1 rings (SSSR count). The van der Waals surface area contributed by atoms with Crippen LogP contribution in [0.3, 0.4) is 0 Å². The molecule has 2 N–H and O–H groups in total. The van der Waals surface area contributed by atoms with Crippen LogP contribution in [0.5, 0.6) is 0 Å². The van der Waals surface area contributed by atoms with Gasteiger partial charge in [0.25, 0.3) is 0 Å². The minimum atomic E-state index is -1.39. The molecule has 13 heavy (non-hydrogen) atoms. The van der Waals surface area contributed by atoms with Crippen molar-refractivity contribution in [2.45, 2.75) is 43.8 Å². The van der Waals surface area contributed by atoms with Crippen LogP contribution in [0.15, 0.2) is 0 Å². The molecular formula is C9H16O4. The number of aliphatic hydroxyl groups is 1. The van der Waals surface area contributed by atoms with Crippen molar-refractivity contribution in [3.8, 4) is 0 Å². The topological polar surface area (TPSA) is 66.8 Å². The smallest absolute Gasteiger partial charge is 0.335 e. The number of ether oxygens (including phenoxy) is 1. The van der Waals surface area contributed by atoms with Crippen LogP contribution in [-0.2, 0) is 9.53 Å². The molecule has 0 aliphatic heterocycles. The molecule has 0 aromatic rings. The Morgan fingerprint density at radius 1 is 1.38 bits per heavy atom. The van der Waals surface area contributed by atoms with E-state index >= 15 is 0 Å². The predicted molar refractivity (Wildman–Crippen MR) is 46.5 cm³/mol. The zero-order valence-electron chi connectivity index (χ0n) is 7.82. The number of rotatable bonds is 3. The lowest BCUT2D eigenvalue weighted by molar-refractivity contribution is -0.172. The zero-order valence-corrected chi connectivity index (χ0v) is 7.82. The fourth-order valence-electron chi connectivity index (χ4n) is 1.96. The van der Waals surface area contributed by atoms with Crippen molar-refractivity contribution >= 4 is 5.97 Å². The van der Waals surface area contributed by atoms with Crippen molar-refractivity contribution in [2.75, 3.05) is 7.11 Å². The highest BCUT2D eigenvalue weighted by Crippen LogP contribution is 2.34. The largest absolute Gasteiger partial charge is 0.479 e. The Hall–Kier alpha value is -0.610. The summed E-state index contributed by atoms with van der Waals surface area (Å²) in [6, 6.07) is 0. The van der Waals surface area contributed by atoms with Gasteiger partial charge in [-0.2, -0.15) is 0 Å². The maximum absolute atomic E-state index is 10.6. The molecule has 1 atom stereocenters. The number of carboxylic acid groups (broad SMARTS) is 1. The van der Waals surface area contributed by atoms with E-state index in [1.165, 1.54) is 7.11 Å². The van der Waals surface area contributed by atoms with Crippen molar-refractivity contribution < 1.29 is 19.7 Å². The van der Waals surface area contributed by atoms with Crippen LogP contribution in [0.4, 0.5) is 0 Å². The Morgan fingerprint density at radius 3 is 2.31 bits per heavy atom. The monoisotopic (exact) mass is 188 g/mol. The van der Waals surface area contributed by atoms with Crippen LogP contribution in [0, 0.1) is 0 Å². The third kappa shape index (κ3) is 2.00. The number of hydrogen-bond donors (Lipinski definition) is 2. The SMILES string of the molecule is COC1(C(O)C(=O)O)CCCCC1. The van der Waals surface area contributed by atoms with Gasteiger partial charge in [0.05, 0.1) is 0 Å². The predicted octanol–water partition coefficient (Wildman–Crippen LogP) is 0.781. The van der Waals surface area contributed by atoms with E-state index in [0.29, 0.717) is 12.8 Å². The lowest BCUT2D eigenvalue weighted by Gasteiger charge is -2.37. The number of aliphatic hydroxyl groups excluding tert-OH is 1. The van der Waals surface area contributed by atoms with Gasteiger partial charge in [-0.15, -0.1) is 0 Å². The maximum atomic E-state index is 10.6. The second kappa shape index (κ2) is 4.07. The van der Waals surface area contributed by atoms with E-state index in [1.54, 1.807) is 0 Å². The quantitative estimate of drug-likeness (QED) is 0.686. The van der Waals surface area contributed by atoms with Crippen LogP contribution >= 0.6 is 0 Å². The lowest BCUT2D eigenvalue weighted by atomic mass is 9.80. The first-order valence-electron chi connectivity index (χ1n) is 4.58. The summed E-state index contributed by atoms with van der Waals surface area (Å²) in [6.07, 6.45) is 2.83. The van der Waals surface area contributed by atoms with Gasteiger partial charge in [0.1, 0.15) is 5.60 Å². The van der Waals surface area contributed by atoms with Gasteiger partial charge in [0.15, 0.2) is 6.10 Å². The summed E-state index contributed by atoms with van der Waals surface area (Å²) in [7, 11) is 1.47. The summed E-state index contributed by atoms with van der Waals surface area (Å²) in [5, 5.41) is 18.2. The first kappa shape index (κ1) is 10.5. The maximum Gasteiger partial charge on any atom is 0.335 e. The molecule has 1 fully saturated rings. The number of hydrogen-bond acceptors (Lipinski definition) is 3. The van der Waals surface area contributed by atoms with E-state index < -0.39 is 17.7 Å². The molecule has 1 saturated carbocycles. The Labute approximate surface area is 77.5 Å². The fourth-order valence-corrected chi connectivity index (χ4v) is 1.96. The van der Waals surface area contributed by atoms with Crippen LogP contribution < -0.4 is 0 Å². The van der Waals surface area contributed by atoms with Crippen molar-refractivity contribution in [3.63, 3.8) is 0 Å². The number of methoxy groups -OCH3 is 1. The van der Waals surface area contributed by atoms with Gasteiger partial charge >= 0.3 is 5.97 Å². The minimum Gasteiger partial charge on any atom is -0.479 e. The summed E-state index contributed by atoms with van der Waals surface area (Å²) in [4.78, 5) is 10.6. The van der Waals surface area contributed by atoms with E-state index in [1.807, 2.05) is 0 Å². The molecular weight excluding hydrogens is 172 g/mol. The number of aliphatic carboxylic acids is 1. The van der Waals surface area contributed by atoms with Gasteiger partial charge < -0.3 is 14.9 Å². The first-order chi connectivity index (χ1) is 6.12. The van der Waals surface area contributed by atoms with Gasteiger partial charge in [0, 0.05) is 7.11 Å². The molecule has 0 amide bonds. The Balaban J connectivity index is 2.72. The average molecular weight is 188 g/mol. The standard InChI is InChI=1S/C9H16O4/c1-13-9(7(10)8(11)12)5-3-2-4-6-9/h7,10H,2-6H2,1H3,(H,11,12). The van der Waals surface area contributed by atoms with E-state index in [0.717, 1.165) is 19.3 Å². The van der Waals surface area contributed by atoms with Gasteiger partial charge in [-0.3, -0.25) is 0 Å². The van der Waals surface area contributed by atoms with Gasteiger partial charge in [-0.05, 0) is 12.8 Å². The van der Waals surface area contributed by atoms with E-state index in [-0.39, 0.29) is 0 Å². The summed E-state index contributed by atoms with van der Waals surface area (Å²) in [6.45, 7) is 0. The molecule has 0 aromatic carbocycles. The molecule has 0 heterocycles. The lowest BCUT2D eigenvalue weighted by Crippen LogP contribution is -2.49. The van der Waals surface area contributed by atoms with Crippen LogP contribution in [0.1, 0.15) is 32.1 Å². The highest BCUT2D eigenvalue weighted by molar-refractivity contribution is 5.73. The van der Waals surface area contributed by atoms with Crippen LogP contribution in [0.2, 0.25) is 0 Å². The third-order valence-electron chi connectivity index (χ3n) is 2.84. The Bertz CT molecular complexity index is 184. The van der Waals surface area contributed by atoms with Crippen LogP contribution in [0.25, 0.3) is 0 Å². The number of carbonyl (C=O) groups is 1. The van der Waals surface area contributed by atoms with Crippen molar-refractivity contribution in [2.24, 2.45) is 0 Å². The third-order valence-corrected chi connectivity index (χ3v) is 2.84. The van der Waals surface area contributed by atoms with Crippen LogP contribution in [-0.4, -0.2) is 35.0 Å². The summed E-state index contributed by atoms with van der Waals surface area (Å²) in [5.74, 6) is -1.19. The Kier molecular flexibility index (Phi) is 3.27. The molecule has 1 unspecified atom stereocenters. The molecule has 0 aromatic heterocycles. The molecule has 1 aliphatic rings. The second-order valence-corrected chi connectivity index (χ2v) is 3.57. The zero-order chi connectivity index (χ0) is 9.90. The molecule has 76 valence electrons. The molecule has 0 saturated heterocycles. The van der Waals surface area contributed by atoms with E-state index in [9.17, 15) is 9.90 Å². The molecule has 4 nitrogen and oxygen atoms in total. The van der Waals surface area contributed by atoms with Gasteiger partial charge in [-0.1, -0.05) is 19.3 Å². The average Bonchev–Trinajstić information content (AvgIpc) is 2.17. The molecule has 0 radical (unpaired) electrons. The normalized spacial score (nSPS) is 23.8. The summed E-state index contributed by atoms with van der Waals surface area (Å²) >= 11 is 0. The van der Waals surface area contributed by atoms with Gasteiger partial charge in [0.2, 0.25) is 0 Å². The highest BCUT2D eigenvalue weighted by Gasteiger charge is 2.43. The summed E-state index contributed by atoms with van der Waals surface area (Å²) in [5.41, 5.74) is -0.843. The fraction of sp³-hybridized carbons (Fsp3) is 0.889. The molecule has 1 aliphatic carbocycles. The first-order valence-corrected chi connectivity index (χ1v) is 4.58. The minimum absolute atomic E-state index is 0.636. The van der Waals surface area contributed by atoms with Gasteiger partial charge in [-0.25, -0.2) is 4.79 Å². The van der Waals surface area contributed by atoms with Crippen molar-refractivity contribution in [3.05, 3.63) is 0 Å². The van der Waals surface area contributed by atoms with Crippen molar-refractivity contribution in [1.29, 1.82) is 0 Å². The summed E-state index contributed by atoms with van der Waals surface area (Å²) < 4.78 is 5.17. The van der Waals surface area contributed by atoms with E-state index in [4.69, 9.17) is 9.84 Å². The Morgan fingerprint density at radius 2 is 1.92 bits per heavy atom. The van der Waals surface area contributed by atoms with Crippen molar-refractivity contribution in [1.82, 2.24) is 0 Å². The molecule has 4 heteroatoms. The number of carboxylic acids is 1. The second-order valence-electron chi connectivity index (χ2n) is 3.57.